The molecule has 0 unspecified atom stereocenters. The maximum absolute atomic E-state index is 12.1. The number of rotatable bonds is 2. The number of benzene rings is 2. The van der Waals surface area contributed by atoms with Crippen LogP contribution in [0.15, 0.2) is 42.5 Å². The molecule has 2 aromatic carbocycles. The van der Waals surface area contributed by atoms with Crippen LogP contribution in [0.4, 0.5) is 5.69 Å². The normalized spacial score (nSPS) is 10.2. The van der Waals surface area contributed by atoms with Crippen LogP contribution >= 0.6 is 23.2 Å². The number of carbonyl (C=O) groups is 1. The molecule has 0 aliphatic rings. The lowest BCUT2D eigenvalue weighted by molar-refractivity contribution is 0.102. The molecule has 1 N–H and O–H groups in total. The van der Waals surface area contributed by atoms with E-state index in [4.69, 9.17) is 23.2 Å². The highest BCUT2D eigenvalue weighted by Gasteiger charge is 2.11. The molecular formula is C14H11Cl2NO. The van der Waals surface area contributed by atoms with E-state index in [9.17, 15) is 4.79 Å². The van der Waals surface area contributed by atoms with Gasteiger partial charge in [0.25, 0.3) is 5.91 Å². The van der Waals surface area contributed by atoms with Gasteiger partial charge >= 0.3 is 0 Å². The largest absolute Gasteiger partial charge is 0.321 e. The number of hydrogen-bond donors (Lipinski definition) is 1. The van der Waals surface area contributed by atoms with E-state index in [0.29, 0.717) is 21.3 Å². The van der Waals surface area contributed by atoms with Crippen molar-refractivity contribution in [3.8, 4) is 0 Å². The molecule has 0 spiro atoms. The molecule has 0 radical (unpaired) electrons. The summed E-state index contributed by atoms with van der Waals surface area (Å²) in [6.45, 7) is 1.88. The molecule has 0 aromatic heterocycles. The minimum Gasteiger partial charge on any atom is -0.321 e. The Hall–Kier alpha value is -1.51. The Bertz CT molecular complexity index is 596. The van der Waals surface area contributed by atoms with Crippen molar-refractivity contribution in [1.82, 2.24) is 0 Å². The van der Waals surface area contributed by atoms with Gasteiger partial charge in [-0.3, -0.25) is 4.79 Å². The Labute approximate surface area is 116 Å². The molecule has 0 fully saturated rings. The van der Waals surface area contributed by atoms with Crippen LogP contribution in [0.1, 0.15) is 15.9 Å². The van der Waals surface area contributed by atoms with E-state index in [0.717, 1.165) is 5.56 Å². The molecule has 18 heavy (non-hydrogen) atoms. The molecule has 0 saturated heterocycles. The third-order valence-corrected chi connectivity index (χ3v) is 3.41. The average Bonchev–Trinajstić information content (AvgIpc) is 2.35. The van der Waals surface area contributed by atoms with Crippen LogP contribution in [-0.4, -0.2) is 5.91 Å². The van der Waals surface area contributed by atoms with Crippen molar-refractivity contribution in [2.24, 2.45) is 0 Å². The fourth-order valence-corrected chi connectivity index (χ4v) is 1.97. The molecular weight excluding hydrogens is 269 g/mol. The van der Waals surface area contributed by atoms with Crippen LogP contribution in [0.2, 0.25) is 10.0 Å². The van der Waals surface area contributed by atoms with E-state index in [-0.39, 0.29) is 5.91 Å². The second-order valence-corrected chi connectivity index (χ2v) is 4.66. The van der Waals surface area contributed by atoms with Gasteiger partial charge in [-0.05, 0) is 30.7 Å². The summed E-state index contributed by atoms with van der Waals surface area (Å²) in [5.74, 6) is -0.197. The standard InChI is InChI=1S/C14H11Cl2NO/c1-9-5-2-3-6-10(9)14(18)17-12-8-4-7-11(15)13(12)16/h2-8H,1H3,(H,17,18). The predicted octanol–water partition coefficient (Wildman–Crippen LogP) is 4.55. The van der Waals surface area contributed by atoms with Gasteiger partial charge < -0.3 is 5.32 Å². The number of halogens is 2. The highest BCUT2D eigenvalue weighted by atomic mass is 35.5. The summed E-state index contributed by atoms with van der Waals surface area (Å²) in [6.07, 6.45) is 0. The van der Waals surface area contributed by atoms with Crippen LogP contribution in [0.3, 0.4) is 0 Å². The van der Waals surface area contributed by atoms with Gasteiger partial charge in [0, 0.05) is 5.56 Å². The van der Waals surface area contributed by atoms with Crippen molar-refractivity contribution in [3.05, 3.63) is 63.6 Å². The van der Waals surface area contributed by atoms with Crippen molar-refractivity contribution in [3.63, 3.8) is 0 Å². The molecule has 92 valence electrons. The first-order valence-corrected chi connectivity index (χ1v) is 6.16. The number of aryl methyl sites for hydroxylation is 1. The number of amides is 1. The van der Waals surface area contributed by atoms with Crippen molar-refractivity contribution >= 4 is 34.8 Å². The molecule has 2 rings (SSSR count). The fourth-order valence-electron chi connectivity index (χ4n) is 1.62. The maximum Gasteiger partial charge on any atom is 0.255 e. The lowest BCUT2D eigenvalue weighted by Gasteiger charge is -2.09. The van der Waals surface area contributed by atoms with Crippen LogP contribution in [0.25, 0.3) is 0 Å². The highest BCUT2D eigenvalue weighted by Crippen LogP contribution is 2.29. The molecule has 0 aliphatic carbocycles. The quantitative estimate of drug-likeness (QED) is 0.858. The van der Waals surface area contributed by atoms with Gasteiger partial charge in [0.2, 0.25) is 0 Å². The monoisotopic (exact) mass is 279 g/mol. The SMILES string of the molecule is Cc1ccccc1C(=O)Nc1cccc(Cl)c1Cl. The predicted molar refractivity (Wildman–Crippen MR) is 75.6 cm³/mol. The summed E-state index contributed by atoms with van der Waals surface area (Å²) in [4.78, 5) is 12.1. The number of hydrogen-bond acceptors (Lipinski definition) is 1. The number of anilines is 1. The molecule has 0 atom stereocenters. The fraction of sp³-hybridized carbons (Fsp3) is 0.0714. The Kier molecular flexibility index (Phi) is 3.90. The lowest BCUT2D eigenvalue weighted by Crippen LogP contribution is -2.13. The molecule has 2 aromatic rings. The second kappa shape index (κ2) is 5.42. The Balaban J connectivity index is 2.27. The maximum atomic E-state index is 12.1. The molecule has 4 heteroatoms. The minimum atomic E-state index is -0.197. The zero-order valence-electron chi connectivity index (χ0n) is 9.71. The molecule has 0 heterocycles. The summed E-state index contributed by atoms with van der Waals surface area (Å²) in [6, 6.07) is 12.5. The summed E-state index contributed by atoms with van der Waals surface area (Å²) in [7, 11) is 0. The smallest absolute Gasteiger partial charge is 0.255 e. The molecule has 0 saturated carbocycles. The van der Waals surface area contributed by atoms with E-state index in [1.54, 1.807) is 24.3 Å². The first-order valence-electron chi connectivity index (χ1n) is 5.40. The molecule has 2 nitrogen and oxygen atoms in total. The number of nitrogens with one attached hydrogen (secondary N) is 1. The van der Waals surface area contributed by atoms with Crippen LogP contribution < -0.4 is 5.32 Å². The molecule has 1 amide bonds. The van der Waals surface area contributed by atoms with Crippen molar-refractivity contribution in [1.29, 1.82) is 0 Å². The zero-order chi connectivity index (χ0) is 13.1. The zero-order valence-corrected chi connectivity index (χ0v) is 11.2. The van der Waals surface area contributed by atoms with E-state index >= 15 is 0 Å². The summed E-state index contributed by atoms with van der Waals surface area (Å²) < 4.78 is 0. The summed E-state index contributed by atoms with van der Waals surface area (Å²) >= 11 is 11.9. The van der Waals surface area contributed by atoms with Crippen LogP contribution in [0.5, 0.6) is 0 Å². The van der Waals surface area contributed by atoms with Gasteiger partial charge in [-0.1, -0.05) is 47.5 Å². The third kappa shape index (κ3) is 2.66. The Morgan fingerprint density at radius 2 is 1.78 bits per heavy atom. The van der Waals surface area contributed by atoms with E-state index in [1.807, 2.05) is 25.1 Å². The van der Waals surface area contributed by atoms with Crippen LogP contribution in [0, 0.1) is 6.92 Å². The minimum absolute atomic E-state index is 0.197. The highest BCUT2D eigenvalue weighted by molar-refractivity contribution is 6.44. The van der Waals surface area contributed by atoms with Gasteiger partial charge in [0.15, 0.2) is 0 Å². The molecule has 0 aliphatic heterocycles. The first-order chi connectivity index (χ1) is 8.59. The van der Waals surface area contributed by atoms with E-state index < -0.39 is 0 Å². The van der Waals surface area contributed by atoms with Gasteiger partial charge in [0.1, 0.15) is 0 Å². The van der Waals surface area contributed by atoms with Gasteiger partial charge in [-0.2, -0.15) is 0 Å². The third-order valence-electron chi connectivity index (χ3n) is 2.59. The van der Waals surface area contributed by atoms with E-state index in [2.05, 4.69) is 5.32 Å². The summed E-state index contributed by atoms with van der Waals surface area (Å²) in [5, 5.41) is 3.52. The van der Waals surface area contributed by atoms with E-state index in [1.165, 1.54) is 0 Å². The van der Waals surface area contributed by atoms with Crippen LogP contribution in [-0.2, 0) is 0 Å². The first kappa shape index (κ1) is 12.9. The van der Waals surface area contributed by atoms with Gasteiger partial charge in [-0.15, -0.1) is 0 Å². The molecule has 0 bridgehead atoms. The van der Waals surface area contributed by atoms with Gasteiger partial charge in [-0.25, -0.2) is 0 Å². The Morgan fingerprint density at radius 3 is 2.50 bits per heavy atom. The average molecular weight is 280 g/mol. The topological polar surface area (TPSA) is 29.1 Å². The Morgan fingerprint density at radius 1 is 1.06 bits per heavy atom. The second-order valence-electron chi connectivity index (χ2n) is 3.87. The lowest BCUT2D eigenvalue weighted by atomic mass is 10.1. The van der Waals surface area contributed by atoms with Crippen molar-refractivity contribution in [2.45, 2.75) is 6.92 Å². The summed E-state index contributed by atoms with van der Waals surface area (Å²) in [5.41, 5.74) is 2.04. The van der Waals surface area contributed by atoms with Crippen molar-refractivity contribution < 1.29 is 4.79 Å². The number of carbonyl (C=O) groups excluding carboxylic acids is 1. The van der Waals surface area contributed by atoms with Crippen molar-refractivity contribution in [2.75, 3.05) is 5.32 Å². The van der Waals surface area contributed by atoms with Gasteiger partial charge in [0.05, 0.1) is 15.7 Å².